The van der Waals surface area contributed by atoms with E-state index < -0.39 is 0 Å². The van der Waals surface area contributed by atoms with Gasteiger partial charge in [-0.3, -0.25) is 4.99 Å². The third kappa shape index (κ3) is 3.46. The topological polar surface area (TPSA) is 36.4 Å². The Hall–Kier alpha value is -1.26. The van der Waals surface area contributed by atoms with E-state index >= 15 is 0 Å². The summed E-state index contributed by atoms with van der Waals surface area (Å²) < 4.78 is 0. The van der Waals surface area contributed by atoms with Crippen LogP contribution in [0.25, 0.3) is 0 Å². The Labute approximate surface area is 168 Å². The summed E-state index contributed by atoms with van der Waals surface area (Å²) in [6.45, 7) is 2.54. The van der Waals surface area contributed by atoms with Crippen LogP contribution in [0.1, 0.15) is 24.0 Å². The van der Waals surface area contributed by atoms with Gasteiger partial charge in [-0.2, -0.15) is 0 Å². The predicted molar refractivity (Wildman–Crippen MR) is 111 cm³/mol. The molecule has 0 aromatic heterocycles. The minimum absolute atomic E-state index is 0.0227. The van der Waals surface area contributed by atoms with Gasteiger partial charge in [-0.05, 0) is 67.7 Å². The Bertz CT molecular complexity index is 857. The Kier molecular flexibility index (Phi) is 5.15. The summed E-state index contributed by atoms with van der Waals surface area (Å²) >= 11 is 19.0. The van der Waals surface area contributed by atoms with E-state index in [0.717, 1.165) is 65.0 Å². The fourth-order valence-corrected chi connectivity index (χ4v) is 4.57. The molecule has 1 spiro atoms. The van der Waals surface area contributed by atoms with E-state index in [1.807, 2.05) is 36.4 Å². The van der Waals surface area contributed by atoms with E-state index in [-0.39, 0.29) is 5.41 Å². The lowest BCUT2D eigenvalue weighted by Crippen LogP contribution is -2.49. The van der Waals surface area contributed by atoms with Crippen molar-refractivity contribution in [1.29, 1.82) is 0 Å². The Morgan fingerprint density at radius 3 is 2.54 bits per heavy atom. The highest BCUT2D eigenvalue weighted by molar-refractivity contribution is 6.37. The molecule has 0 radical (unpaired) electrons. The minimum atomic E-state index is -0.0227. The van der Waals surface area contributed by atoms with Crippen molar-refractivity contribution in [3.05, 3.63) is 62.6 Å². The van der Waals surface area contributed by atoms with E-state index in [1.54, 1.807) is 0 Å². The van der Waals surface area contributed by atoms with Crippen LogP contribution < -0.4 is 10.6 Å². The molecule has 0 saturated carbocycles. The van der Waals surface area contributed by atoms with Crippen LogP contribution >= 0.6 is 34.8 Å². The van der Waals surface area contributed by atoms with E-state index in [2.05, 4.69) is 10.6 Å². The normalized spacial score (nSPS) is 20.0. The second kappa shape index (κ2) is 7.40. The third-order valence-corrected chi connectivity index (χ3v) is 6.24. The van der Waals surface area contributed by atoms with Crippen molar-refractivity contribution in [2.75, 3.05) is 18.4 Å². The maximum Gasteiger partial charge on any atom is 0.108 e. The summed E-state index contributed by atoms with van der Waals surface area (Å²) in [5.74, 6) is 1.01. The Morgan fingerprint density at radius 2 is 1.77 bits per heavy atom. The molecule has 26 heavy (non-hydrogen) atoms. The maximum atomic E-state index is 6.49. The van der Waals surface area contributed by atoms with Crippen molar-refractivity contribution in [2.45, 2.75) is 25.8 Å². The van der Waals surface area contributed by atoms with Crippen molar-refractivity contribution in [3.63, 3.8) is 0 Å². The van der Waals surface area contributed by atoms with Crippen LogP contribution in [0.15, 0.2) is 41.4 Å². The van der Waals surface area contributed by atoms with Gasteiger partial charge in [-0.15, -0.1) is 0 Å². The standard InChI is InChI=1S/C20H20Cl3N3/c21-14-3-1-2-13(10-14)12-25-19-20(6-8-24-9-7-20)11-15-16(22)4-5-17(23)18(15)26-19/h1-5,10,24H,6-9,11-12H2,(H,25,26). The molecule has 0 bridgehead atoms. The van der Waals surface area contributed by atoms with Crippen LogP contribution in [0, 0.1) is 5.41 Å². The number of hydrogen-bond acceptors (Lipinski definition) is 2. The zero-order valence-corrected chi connectivity index (χ0v) is 16.6. The number of fused-ring (bicyclic) bond motifs is 1. The maximum absolute atomic E-state index is 6.49. The first-order valence-electron chi connectivity index (χ1n) is 8.81. The molecule has 6 heteroatoms. The van der Waals surface area contributed by atoms with Crippen molar-refractivity contribution < 1.29 is 0 Å². The summed E-state index contributed by atoms with van der Waals surface area (Å²) in [4.78, 5) is 4.96. The molecular weight excluding hydrogens is 389 g/mol. The van der Waals surface area contributed by atoms with Gasteiger partial charge in [-0.25, -0.2) is 0 Å². The van der Waals surface area contributed by atoms with Crippen LogP contribution in [0.3, 0.4) is 0 Å². The largest absolute Gasteiger partial charge is 0.342 e. The molecule has 0 atom stereocenters. The number of anilines is 1. The van der Waals surface area contributed by atoms with Gasteiger partial charge in [0.1, 0.15) is 5.84 Å². The van der Waals surface area contributed by atoms with Crippen LogP contribution in [-0.2, 0) is 13.0 Å². The number of nitrogens with one attached hydrogen (secondary N) is 2. The van der Waals surface area contributed by atoms with Crippen molar-refractivity contribution in [2.24, 2.45) is 10.4 Å². The molecule has 2 aromatic carbocycles. The number of hydrogen-bond donors (Lipinski definition) is 2. The molecule has 2 N–H and O–H groups in total. The summed E-state index contributed by atoms with van der Waals surface area (Å²) in [5.41, 5.74) is 3.07. The quantitative estimate of drug-likeness (QED) is 0.680. The van der Waals surface area contributed by atoms with E-state index in [1.165, 1.54) is 0 Å². The van der Waals surface area contributed by atoms with E-state index in [0.29, 0.717) is 11.6 Å². The Morgan fingerprint density at radius 1 is 1.00 bits per heavy atom. The zero-order chi connectivity index (χ0) is 18.1. The summed E-state index contributed by atoms with van der Waals surface area (Å²) in [7, 11) is 0. The third-order valence-electron chi connectivity index (χ3n) is 5.34. The average Bonchev–Trinajstić information content (AvgIpc) is 2.64. The fourth-order valence-electron chi connectivity index (χ4n) is 3.91. The lowest BCUT2D eigenvalue weighted by Gasteiger charge is -2.43. The van der Waals surface area contributed by atoms with E-state index in [4.69, 9.17) is 39.8 Å². The summed E-state index contributed by atoms with van der Waals surface area (Å²) in [6, 6.07) is 11.6. The van der Waals surface area contributed by atoms with Gasteiger partial charge in [0.15, 0.2) is 0 Å². The highest BCUT2D eigenvalue weighted by atomic mass is 35.5. The van der Waals surface area contributed by atoms with Crippen LogP contribution in [-0.4, -0.2) is 18.9 Å². The van der Waals surface area contributed by atoms with E-state index in [9.17, 15) is 0 Å². The molecule has 1 fully saturated rings. The van der Waals surface area contributed by atoms with Crippen molar-refractivity contribution in [1.82, 2.24) is 5.32 Å². The van der Waals surface area contributed by atoms with Crippen molar-refractivity contribution in [3.8, 4) is 0 Å². The lowest BCUT2D eigenvalue weighted by atomic mass is 9.71. The number of rotatable bonds is 2. The minimum Gasteiger partial charge on any atom is -0.342 e. The number of aliphatic imine (C=N–C) groups is 1. The monoisotopic (exact) mass is 407 g/mol. The molecule has 2 heterocycles. The second-order valence-electron chi connectivity index (χ2n) is 7.01. The molecule has 0 aliphatic carbocycles. The Balaban J connectivity index is 1.72. The highest BCUT2D eigenvalue weighted by Gasteiger charge is 2.42. The van der Waals surface area contributed by atoms with Gasteiger partial charge < -0.3 is 10.6 Å². The molecular formula is C20H20Cl3N3. The van der Waals surface area contributed by atoms with Crippen LogP contribution in [0.5, 0.6) is 0 Å². The number of nitrogens with zero attached hydrogens (tertiary/aromatic N) is 1. The lowest BCUT2D eigenvalue weighted by molar-refractivity contribution is 0.293. The van der Waals surface area contributed by atoms with Crippen LogP contribution in [0.4, 0.5) is 5.69 Å². The smallest absolute Gasteiger partial charge is 0.108 e. The number of halogens is 3. The summed E-state index contributed by atoms with van der Waals surface area (Å²) in [6.07, 6.45) is 2.91. The van der Waals surface area contributed by atoms with Gasteiger partial charge in [0.2, 0.25) is 0 Å². The van der Waals surface area contributed by atoms with Gasteiger partial charge in [0.25, 0.3) is 0 Å². The number of amidine groups is 1. The van der Waals surface area contributed by atoms with Gasteiger partial charge in [0, 0.05) is 15.5 Å². The number of piperidine rings is 1. The number of benzene rings is 2. The summed E-state index contributed by atoms with van der Waals surface area (Å²) in [5, 5.41) is 9.16. The first kappa shape index (κ1) is 18.1. The molecule has 2 aliphatic heterocycles. The SMILES string of the molecule is Clc1cccc(CN=C2Nc3c(Cl)ccc(Cl)c3CC23CCNCC3)c1. The molecule has 3 nitrogen and oxygen atoms in total. The molecule has 2 aromatic rings. The highest BCUT2D eigenvalue weighted by Crippen LogP contribution is 2.45. The molecule has 1 saturated heterocycles. The molecule has 136 valence electrons. The average molecular weight is 409 g/mol. The van der Waals surface area contributed by atoms with Crippen molar-refractivity contribution >= 4 is 46.3 Å². The second-order valence-corrected chi connectivity index (χ2v) is 8.26. The van der Waals surface area contributed by atoms with Gasteiger partial charge in [-0.1, -0.05) is 46.9 Å². The van der Waals surface area contributed by atoms with Gasteiger partial charge in [0.05, 0.1) is 17.3 Å². The first-order chi connectivity index (χ1) is 12.6. The fraction of sp³-hybridized carbons (Fsp3) is 0.350. The first-order valence-corrected chi connectivity index (χ1v) is 9.95. The molecule has 2 aliphatic rings. The molecule has 4 rings (SSSR count). The zero-order valence-electron chi connectivity index (χ0n) is 14.3. The van der Waals surface area contributed by atoms with Crippen LogP contribution in [0.2, 0.25) is 15.1 Å². The predicted octanol–water partition coefficient (Wildman–Crippen LogP) is 5.58. The van der Waals surface area contributed by atoms with Gasteiger partial charge >= 0.3 is 0 Å². The molecule has 0 amide bonds. The molecule has 0 unspecified atom stereocenters.